The van der Waals surface area contributed by atoms with Gasteiger partial charge in [0.25, 0.3) is 0 Å². The molecule has 102 valence electrons. The quantitative estimate of drug-likeness (QED) is 0.486. The molecule has 0 bridgehead atoms. The lowest BCUT2D eigenvalue weighted by molar-refractivity contribution is 0.463. The average Bonchev–Trinajstić information content (AvgIpc) is 2.40. The SMILES string of the molecule is C[SH+]c1ccccc1.Cc1ccc(S(=O)(=O)[O-])cc1. The Morgan fingerprint density at radius 3 is 1.84 bits per heavy atom. The van der Waals surface area contributed by atoms with Crippen LogP contribution in [-0.2, 0) is 21.9 Å². The minimum absolute atomic E-state index is 0.178. The van der Waals surface area contributed by atoms with E-state index >= 15 is 0 Å². The highest BCUT2D eigenvalue weighted by Crippen LogP contribution is 2.08. The molecule has 0 aliphatic heterocycles. The molecule has 0 spiro atoms. The molecule has 2 rings (SSSR count). The third-order valence-corrected chi connectivity index (χ3v) is 3.99. The smallest absolute Gasteiger partial charge is 0.152 e. The van der Waals surface area contributed by atoms with Crippen molar-refractivity contribution in [1.82, 2.24) is 0 Å². The van der Waals surface area contributed by atoms with E-state index < -0.39 is 10.1 Å². The van der Waals surface area contributed by atoms with Crippen LogP contribution in [0, 0.1) is 6.92 Å². The van der Waals surface area contributed by atoms with Crippen molar-refractivity contribution in [3.05, 3.63) is 60.2 Å². The first-order chi connectivity index (χ1) is 8.93. The van der Waals surface area contributed by atoms with E-state index in [1.165, 1.54) is 28.8 Å². The molecule has 3 nitrogen and oxygen atoms in total. The van der Waals surface area contributed by atoms with Crippen LogP contribution in [-0.4, -0.2) is 19.2 Å². The molecule has 0 unspecified atom stereocenters. The van der Waals surface area contributed by atoms with E-state index in [9.17, 15) is 13.0 Å². The zero-order valence-electron chi connectivity index (χ0n) is 10.8. The average molecular weight is 296 g/mol. The van der Waals surface area contributed by atoms with Crippen molar-refractivity contribution in [1.29, 1.82) is 0 Å². The van der Waals surface area contributed by atoms with Gasteiger partial charge in [0.1, 0.15) is 16.4 Å². The highest BCUT2D eigenvalue weighted by molar-refractivity contribution is 7.85. The van der Waals surface area contributed by atoms with E-state index in [0.29, 0.717) is 0 Å². The fraction of sp³-hybridized carbons (Fsp3) is 0.143. The number of benzene rings is 2. The summed E-state index contributed by atoms with van der Waals surface area (Å²) in [4.78, 5) is 1.20. The molecular weight excluding hydrogens is 280 g/mol. The molecule has 0 N–H and O–H groups in total. The molecule has 0 saturated heterocycles. The van der Waals surface area contributed by atoms with Crippen LogP contribution in [0.25, 0.3) is 0 Å². The Labute approximate surface area is 118 Å². The van der Waals surface area contributed by atoms with E-state index in [0.717, 1.165) is 5.56 Å². The molecule has 0 aliphatic rings. The molecule has 19 heavy (non-hydrogen) atoms. The second-order valence-electron chi connectivity index (χ2n) is 3.83. The second-order valence-corrected chi connectivity index (χ2v) is 6.17. The van der Waals surface area contributed by atoms with Gasteiger partial charge < -0.3 is 4.55 Å². The number of hydrogen-bond acceptors (Lipinski definition) is 3. The minimum atomic E-state index is -4.27. The molecule has 0 fully saturated rings. The van der Waals surface area contributed by atoms with Gasteiger partial charge in [-0.15, -0.1) is 0 Å². The van der Waals surface area contributed by atoms with Crippen molar-refractivity contribution in [2.24, 2.45) is 0 Å². The summed E-state index contributed by atoms with van der Waals surface area (Å²) in [6.45, 7) is 1.82. The molecule has 0 saturated carbocycles. The van der Waals surface area contributed by atoms with Crippen molar-refractivity contribution in [3.63, 3.8) is 0 Å². The molecule has 0 aliphatic carbocycles. The molecule has 0 atom stereocenters. The van der Waals surface area contributed by atoms with Crippen LogP contribution in [0.4, 0.5) is 0 Å². The summed E-state index contributed by atoms with van der Waals surface area (Å²) >= 11 is 1.35. The number of thiol groups is 1. The van der Waals surface area contributed by atoms with Crippen LogP contribution < -0.4 is 0 Å². The Morgan fingerprint density at radius 2 is 1.47 bits per heavy atom. The van der Waals surface area contributed by atoms with Crippen LogP contribution >= 0.6 is 0 Å². The van der Waals surface area contributed by atoms with Gasteiger partial charge in [-0.2, -0.15) is 0 Å². The molecule has 0 aromatic heterocycles. The fourth-order valence-corrected chi connectivity index (χ4v) is 2.22. The zero-order valence-corrected chi connectivity index (χ0v) is 12.5. The topological polar surface area (TPSA) is 57.2 Å². The summed E-state index contributed by atoms with van der Waals surface area (Å²) in [6.07, 6.45) is 2.13. The molecular formula is C14H16O3S2. The van der Waals surface area contributed by atoms with Crippen LogP contribution in [0.15, 0.2) is 64.4 Å². The van der Waals surface area contributed by atoms with Gasteiger partial charge in [0, 0.05) is 11.8 Å². The molecule has 2 aromatic rings. The van der Waals surface area contributed by atoms with E-state index in [-0.39, 0.29) is 4.90 Å². The Morgan fingerprint density at radius 1 is 0.947 bits per heavy atom. The molecule has 0 heterocycles. The summed E-state index contributed by atoms with van der Waals surface area (Å²) < 4.78 is 31.2. The van der Waals surface area contributed by atoms with Gasteiger partial charge in [-0.05, 0) is 31.2 Å². The van der Waals surface area contributed by atoms with E-state index in [1.807, 2.05) is 13.0 Å². The van der Waals surface area contributed by atoms with Crippen LogP contribution in [0.2, 0.25) is 0 Å². The number of hydrogen-bond donors (Lipinski definition) is 0. The lowest BCUT2D eigenvalue weighted by atomic mass is 10.2. The Balaban J connectivity index is 0.000000200. The first-order valence-corrected chi connectivity index (χ1v) is 8.36. The summed E-state index contributed by atoms with van der Waals surface area (Å²) in [5.41, 5.74) is 0.928. The molecule has 0 amide bonds. The maximum absolute atomic E-state index is 10.4. The Kier molecular flexibility index (Phi) is 6.08. The highest BCUT2D eigenvalue weighted by Gasteiger charge is 1.97. The second kappa shape index (κ2) is 7.33. The van der Waals surface area contributed by atoms with Gasteiger partial charge in [-0.3, -0.25) is 0 Å². The summed E-state index contributed by atoms with van der Waals surface area (Å²) in [5, 5.41) is 0. The number of aryl methyl sites for hydroxylation is 1. The summed E-state index contributed by atoms with van der Waals surface area (Å²) in [6, 6.07) is 16.2. The van der Waals surface area contributed by atoms with E-state index in [2.05, 4.69) is 30.5 Å². The minimum Gasteiger partial charge on any atom is -0.744 e. The van der Waals surface area contributed by atoms with Gasteiger partial charge in [0.15, 0.2) is 4.90 Å². The lowest BCUT2D eigenvalue weighted by Crippen LogP contribution is -1.97. The van der Waals surface area contributed by atoms with Crippen molar-refractivity contribution >= 4 is 21.9 Å². The van der Waals surface area contributed by atoms with Gasteiger partial charge in [0.05, 0.1) is 4.90 Å². The predicted octanol–water partition coefficient (Wildman–Crippen LogP) is 2.39. The predicted molar refractivity (Wildman–Crippen MR) is 78.5 cm³/mol. The van der Waals surface area contributed by atoms with Gasteiger partial charge in [0.2, 0.25) is 0 Å². The van der Waals surface area contributed by atoms with Gasteiger partial charge >= 0.3 is 0 Å². The van der Waals surface area contributed by atoms with Crippen molar-refractivity contribution < 1.29 is 13.0 Å². The largest absolute Gasteiger partial charge is 0.744 e. The van der Waals surface area contributed by atoms with Gasteiger partial charge in [-0.25, -0.2) is 8.42 Å². The van der Waals surface area contributed by atoms with Crippen LogP contribution in [0.5, 0.6) is 0 Å². The third kappa shape index (κ3) is 5.92. The Bertz CT molecular complexity index is 590. The lowest BCUT2D eigenvalue weighted by Gasteiger charge is -2.05. The zero-order chi connectivity index (χ0) is 14.3. The molecule has 5 heteroatoms. The van der Waals surface area contributed by atoms with Crippen LogP contribution in [0.1, 0.15) is 5.56 Å². The molecule has 0 radical (unpaired) electrons. The Hall–Kier alpha value is -1.30. The normalized spacial score (nSPS) is 10.5. The van der Waals surface area contributed by atoms with Crippen molar-refractivity contribution in [3.8, 4) is 0 Å². The van der Waals surface area contributed by atoms with E-state index in [4.69, 9.17) is 0 Å². The van der Waals surface area contributed by atoms with Crippen LogP contribution in [0.3, 0.4) is 0 Å². The van der Waals surface area contributed by atoms with Gasteiger partial charge in [-0.1, -0.05) is 35.9 Å². The standard InChI is InChI=1S/C7H8O3S.C7H8S/c1-6-2-4-7(5-3-6)11(8,9)10;1-8-7-5-3-2-4-6-7/h2-5H,1H3,(H,8,9,10);2-6H,1H3. The number of rotatable bonds is 2. The summed E-state index contributed by atoms with van der Waals surface area (Å²) in [7, 11) is -4.27. The first-order valence-electron chi connectivity index (χ1n) is 5.61. The highest BCUT2D eigenvalue weighted by atomic mass is 32.2. The molecule has 2 aromatic carbocycles. The maximum Gasteiger partial charge on any atom is 0.152 e. The van der Waals surface area contributed by atoms with E-state index in [1.54, 1.807) is 12.1 Å². The fourth-order valence-electron chi connectivity index (χ4n) is 1.28. The monoisotopic (exact) mass is 296 g/mol. The van der Waals surface area contributed by atoms with Crippen molar-refractivity contribution in [2.75, 3.05) is 6.26 Å². The third-order valence-electron chi connectivity index (χ3n) is 2.32. The first kappa shape index (κ1) is 15.8. The van der Waals surface area contributed by atoms with Crippen molar-refractivity contribution in [2.45, 2.75) is 16.7 Å². The maximum atomic E-state index is 10.4. The summed E-state index contributed by atoms with van der Waals surface area (Å²) in [5.74, 6) is 0.